The third-order valence-corrected chi connectivity index (χ3v) is 7.43. The van der Waals surface area contributed by atoms with Crippen LogP contribution in [0.1, 0.15) is 69.7 Å². The van der Waals surface area contributed by atoms with E-state index in [-0.39, 0.29) is 31.8 Å². The third-order valence-electron chi connectivity index (χ3n) is 5.62. The van der Waals surface area contributed by atoms with Crippen molar-refractivity contribution in [2.45, 2.75) is 65.2 Å². The van der Waals surface area contributed by atoms with Crippen LogP contribution in [0.2, 0.25) is 0 Å². The van der Waals surface area contributed by atoms with Crippen LogP contribution in [0, 0.1) is 17.7 Å². The summed E-state index contributed by atoms with van der Waals surface area (Å²) in [5.41, 5.74) is 5.77. The van der Waals surface area contributed by atoms with Gasteiger partial charge in [0, 0.05) is 0 Å². The fourth-order valence-electron chi connectivity index (χ4n) is 3.72. The number of fused-ring (bicyclic) bond motifs is 1. The number of benzene rings is 2. The molecule has 0 heterocycles. The van der Waals surface area contributed by atoms with Crippen molar-refractivity contribution in [2.75, 3.05) is 0 Å². The fourth-order valence-corrected chi connectivity index (χ4v) is 5.14. The van der Waals surface area contributed by atoms with Gasteiger partial charge < -0.3 is 0 Å². The average Bonchev–Trinajstić information content (AvgIpc) is 2.61. The van der Waals surface area contributed by atoms with Crippen molar-refractivity contribution in [1.29, 1.82) is 0 Å². The second-order valence-electron chi connectivity index (χ2n) is 8.88. The average molecular weight is 439 g/mol. The Morgan fingerprint density at radius 1 is 1.00 bits per heavy atom. The van der Waals surface area contributed by atoms with E-state index in [0.717, 1.165) is 5.56 Å². The molecule has 0 spiro atoms. The van der Waals surface area contributed by atoms with Gasteiger partial charge in [0.2, 0.25) is 0 Å². The van der Waals surface area contributed by atoms with Crippen LogP contribution in [0.25, 0.3) is 0 Å². The molecule has 0 bridgehead atoms. The van der Waals surface area contributed by atoms with Gasteiger partial charge in [-0.2, -0.15) is 0 Å². The molecule has 2 aromatic rings. The molecule has 28 heavy (non-hydrogen) atoms. The molecule has 0 aliphatic heterocycles. The van der Waals surface area contributed by atoms with Gasteiger partial charge in [-0.25, -0.2) is 0 Å². The number of rotatable bonds is 2. The zero-order chi connectivity index (χ0) is 20.5. The molecule has 1 aliphatic rings. The summed E-state index contributed by atoms with van der Waals surface area (Å²) < 4.78 is 6.44. The molecule has 0 atom stereocenters. The van der Waals surface area contributed by atoms with E-state index in [1.54, 1.807) is 12.1 Å². The monoisotopic (exact) mass is 440 g/mol. The first-order valence-corrected chi connectivity index (χ1v) is 11.4. The van der Waals surface area contributed by atoms with Crippen molar-refractivity contribution in [2.24, 2.45) is 0 Å². The number of hydrogen-bond acceptors (Lipinski definition) is 2. The Bertz CT molecular complexity index is 957. The molecule has 0 amide bonds. The Hall–Kier alpha value is -2.01. The molecular formula is C25H28O2Se. The van der Waals surface area contributed by atoms with Crippen molar-refractivity contribution in [3.8, 4) is 16.5 Å². The van der Waals surface area contributed by atoms with Crippen LogP contribution in [0.5, 0.6) is 5.75 Å². The molecular weight excluding hydrogens is 411 g/mol. The summed E-state index contributed by atoms with van der Waals surface area (Å²) in [6.07, 6.45) is 2.46. The molecule has 3 heteroatoms. The molecule has 2 aromatic carbocycles. The van der Waals surface area contributed by atoms with Gasteiger partial charge in [0.25, 0.3) is 0 Å². The Balaban J connectivity index is 1.83. The van der Waals surface area contributed by atoms with Crippen molar-refractivity contribution in [1.82, 2.24) is 0 Å². The Labute approximate surface area is 175 Å². The number of carbonyl (C=O) groups is 1. The number of ether oxygens (including phenoxy) is 1. The van der Waals surface area contributed by atoms with E-state index in [1.165, 1.54) is 40.9 Å². The SMILES string of the molecule is CC(=O)Oc1ccc(C#C[Se]c2cc3c(cc2C)C(C)(C)CCC3(C)C)cc1. The number of carbonyl (C=O) groups excluding carboxylic acids is 1. The van der Waals surface area contributed by atoms with Crippen LogP contribution in [-0.2, 0) is 15.6 Å². The van der Waals surface area contributed by atoms with Crippen molar-refractivity contribution >= 4 is 25.4 Å². The molecule has 1 aliphatic carbocycles. The van der Waals surface area contributed by atoms with Crippen LogP contribution in [-0.4, -0.2) is 20.9 Å². The first-order chi connectivity index (χ1) is 13.1. The van der Waals surface area contributed by atoms with Crippen LogP contribution in [0.15, 0.2) is 36.4 Å². The van der Waals surface area contributed by atoms with Crippen molar-refractivity contribution < 1.29 is 9.53 Å². The van der Waals surface area contributed by atoms with Gasteiger partial charge in [-0.1, -0.05) is 0 Å². The first kappa shape index (κ1) is 20.7. The van der Waals surface area contributed by atoms with Crippen LogP contribution < -0.4 is 9.20 Å². The van der Waals surface area contributed by atoms with E-state index in [2.05, 4.69) is 57.5 Å². The minimum atomic E-state index is -0.309. The van der Waals surface area contributed by atoms with E-state index in [1.807, 2.05) is 12.1 Å². The van der Waals surface area contributed by atoms with Gasteiger partial charge in [0.1, 0.15) is 0 Å². The summed E-state index contributed by atoms with van der Waals surface area (Å²) in [7, 11) is 0. The van der Waals surface area contributed by atoms with Gasteiger partial charge in [0.05, 0.1) is 0 Å². The van der Waals surface area contributed by atoms with E-state index >= 15 is 0 Å². The summed E-state index contributed by atoms with van der Waals surface area (Å²) in [5.74, 6) is 3.50. The number of hydrogen-bond donors (Lipinski definition) is 0. The number of esters is 1. The first-order valence-electron chi connectivity index (χ1n) is 9.70. The van der Waals surface area contributed by atoms with Crippen LogP contribution in [0.4, 0.5) is 0 Å². The van der Waals surface area contributed by atoms with Gasteiger partial charge in [-0.15, -0.1) is 0 Å². The maximum atomic E-state index is 11.0. The predicted molar refractivity (Wildman–Crippen MR) is 116 cm³/mol. The van der Waals surface area contributed by atoms with Gasteiger partial charge in [-0.3, -0.25) is 0 Å². The summed E-state index contributed by atoms with van der Waals surface area (Å²) in [6.45, 7) is 13.1. The quantitative estimate of drug-likeness (QED) is 0.296. The summed E-state index contributed by atoms with van der Waals surface area (Å²) in [6, 6.07) is 12.2. The number of aryl methyl sites for hydroxylation is 1. The predicted octanol–water partition coefficient (Wildman–Crippen LogP) is 4.61. The van der Waals surface area contributed by atoms with Gasteiger partial charge >= 0.3 is 175 Å². The summed E-state index contributed by atoms with van der Waals surface area (Å²) >= 11 is 0.103. The van der Waals surface area contributed by atoms with Crippen molar-refractivity contribution in [3.05, 3.63) is 58.7 Å². The molecule has 0 fully saturated rings. The Kier molecular flexibility index (Phi) is 5.76. The molecule has 0 radical (unpaired) electrons. The second kappa shape index (κ2) is 7.78. The summed E-state index contributed by atoms with van der Waals surface area (Å²) in [5, 5.41) is 0. The van der Waals surface area contributed by atoms with Crippen molar-refractivity contribution in [3.63, 3.8) is 0 Å². The zero-order valence-corrected chi connectivity index (χ0v) is 19.3. The standard InChI is InChI=1S/C25H28O2Se/c1-17-15-21-22(25(5,6)13-12-24(21,3)4)16-23(17)28-14-11-19-7-9-20(10-8-19)27-18(2)26/h7-10,15-16H,12-13H2,1-6H3. The molecule has 0 N–H and O–H groups in total. The fraction of sp³-hybridized carbons (Fsp3) is 0.400. The second-order valence-corrected chi connectivity index (χ2v) is 10.7. The Morgan fingerprint density at radius 2 is 1.57 bits per heavy atom. The normalized spacial score (nSPS) is 16.5. The van der Waals surface area contributed by atoms with Crippen LogP contribution in [0.3, 0.4) is 0 Å². The molecule has 0 unspecified atom stereocenters. The van der Waals surface area contributed by atoms with Gasteiger partial charge in [-0.05, 0) is 0 Å². The Morgan fingerprint density at radius 3 is 2.14 bits per heavy atom. The van der Waals surface area contributed by atoms with E-state index < -0.39 is 0 Å². The molecule has 2 nitrogen and oxygen atoms in total. The molecule has 146 valence electrons. The molecule has 0 saturated carbocycles. The van der Waals surface area contributed by atoms with Crippen LogP contribution >= 0.6 is 0 Å². The maximum absolute atomic E-state index is 11.0. The summed E-state index contributed by atoms with van der Waals surface area (Å²) in [4.78, 5) is 14.4. The van der Waals surface area contributed by atoms with E-state index in [4.69, 9.17) is 4.74 Å². The molecule has 0 saturated heterocycles. The minimum absolute atomic E-state index is 0.103. The van der Waals surface area contributed by atoms with Gasteiger partial charge in [0.15, 0.2) is 0 Å². The zero-order valence-electron chi connectivity index (χ0n) is 17.6. The van der Waals surface area contributed by atoms with E-state index in [0.29, 0.717) is 5.75 Å². The topological polar surface area (TPSA) is 26.3 Å². The van der Waals surface area contributed by atoms with E-state index in [9.17, 15) is 4.79 Å². The molecule has 3 rings (SSSR count). The third kappa shape index (κ3) is 4.52. The molecule has 0 aromatic heterocycles.